The van der Waals surface area contributed by atoms with Crippen LogP contribution in [0.15, 0.2) is 12.2 Å². The Balaban J connectivity index is 2.44. The summed E-state index contributed by atoms with van der Waals surface area (Å²) < 4.78 is 0. The van der Waals surface area contributed by atoms with E-state index in [0.29, 0.717) is 18.2 Å². The number of carbonyl (C=O) groups excluding carboxylic acids is 1. The van der Waals surface area contributed by atoms with Gasteiger partial charge in [-0.25, -0.2) is 0 Å². The normalized spacial score (nSPS) is 28.6. The number of aliphatic hydroxyl groups is 1. The third-order valence-corrected chi connectivity index (χ3v) is 3.16. The van der Waals surface area contributed by atoms with Crippen molar-refractivity contribution in [3.05, 3.63) is 12.2 Å². The molecular formula is C13H24N2O2. The number of hydrogen-bond donors (Lipinski definition) is 3. The Morgan fingerprint density at radius 2 is 2.00 bits per heavy atom. The van der Waals surface area contributed by atoms with E-state index in [-0.39, 0.29) is 24.0 Å². The number of aliphatic hydroxyl groups excluding tert-OH is 1. The molecular weight excluding hydrogens is 216 g/mol. The summed E-state index contributed by atoms with van der Waals surface area (Å²) in [6.45, 7) is 9.94. The van der Waals surface area contributed by atoms with Gasteiger partial charge in [-0.15, -0.1) is 0 Å². The molecule has 0 saturated heterocycles. The number of Topliss-reactive ketones (excluding diaryl/α,β-unsaturated/α-hetero) is 1. The Kier molecular flexibility index (Phi) is 5.31. The first kappa shape index (κ1) is 14.4. The zero-order valence-corrected chi connectivity index (χ0v) is 11.0. The Morgan fingerprint density at radius 3 is 2.53 bits per heavy atom. The van der Waals surface area contributed by atoms with E-state index in [0.717, 1.165) is 12.8 Å². The fourth-order valence-corrected chi connectivity index (χ4v) is 2.23. The molecule has 4 nitrogen and oxygen atoms in total. The summed E-state index contributed by atoms with van der Waals surface area (Å²) in [5.74, 6) is 0.0180. The van der Waals surface area contributed by atoms with Gasteiger partial charge in [-0.05, 0) is 19.8 Å². The summed E-state index contributed by atoms with van der Waals surface area (Å²) >= 11 is 0. The molecule has 0 heterocycles. The van der Waals surface area contributed by atoms with Gasteiger partial charge in [0.2, 0.25) is 0 Å². The summed E-state index contributed by atoms with van der Waals surface area (Å²) in [6, 6.07) is 0.874. The molecule has 0 aliphatic heterocycles. The molecule has 0 aromatic heterocycles. The number of ketones is 1. The topological polar surface area (TPSA) is 61.4 Å². The molecule has 3 unspecified atom stereocenters. The Bertz CT molecular complexity index is 289. The van der Waals surface area contributed by atoms with Crippen molar-refractivity contribution in [2.45, 2.75) is 57.8 Å². The van der Waals surface area contributed by atoms with Crippen LogP contribution in [0.1, 0.15) is 33.6 Å². The van der Waals surface area contributed by atoms with Gasteiger partial charge < -0.3 is 15.7 Å². The average Bonchev–Trinajstić information content (AvgIpc) is 2.54. The minimum atomic E-state index is -0.255. The molecule has 1 aliphatic rings. The lowest BCUT2D eigenvalue weighted by Crippen LogP contribution is -2.47. The van der Waals surface area contributed by atoms with Crippen molar-refractivity contribution in [3.8, 4) is 0 Å². The van der Waals surface area contributed by atoms with E-state index in [2.05, 4.69) is 31.1 Å². The van der Waals surface area contributed by atoms with Crippen LogP contribution in [-0.2, 0) is 4.79 Å². The molecule has 3 atom stereocenters. The third kappa shape index (κ3) is 4.58. The molecule has 1 rings (SSSR count). The number of rotatable bonds is 6. The second-order valence-corrected chi connectivity index (χ2v) is 5.20. The van der Waals surface area contributed by atoms with Crippen LogP contribution in [0.25, 0.3) is 0 Å². The van der Waals surface area contributed by atoms with Crippen LogP contribution in [0.5, 0.6) is 0 Å². The van der Waals surface area contributed by atoms with Crippen LogP contribution in [0.3, 0.4) is 0 Å². The van der Waals surface area contributed by atoms with Crippen molar-refractivity contribution < 1.29 is 9.90 Å². The van der Waals surface area contributed by atoms with E-state index < -0.39 is 0 Å². The number of nitrogens with one attached hydrogen (secondary N) is 2. The smallest absolute Gasteiger partial charge is 0.156 e. The maximum Gasteiger partial charge on any atom is 0.156 e. The van der Waals surface area contributed by atoms with Crippen LogP contribution >= 0.6 is 0 Å². The molecule has 1 fully saturated rings. The first-order valence-electron chi connectivity index (χ1n) is 6.26. The molecule has 1 aliphatic carbocycles. The average molecular weight is 240 g/mol. The largest absolute Gasteiger partial charge is 0.393 e. The molecule has 0 radical (unpaired) electrons. The molecule has 98 valence electrons. The predicted octanol–water partition coefficient (Wildman–Crippen LogP) is 0.611. The van der Waals surface area contributed by atoms with Crippen molar-refractivity contribution >= 4 is 5.78 Å². The summed E-state index contributed by atoms with van der Waals surface area (Å²) in [5, 5.41) is 16.4. The van der Waals surface area contributed by atoms with Crippen LogP contribution in [0.2, 0.25) is 0 Å². The fourth-order valence-electron chi connectivity index (χ4n) is 2.23. The van der Waals surface area contributed by atoms with Crippen LogP contribution in [0, 0.1) is 0 Å². The maximum atomic E-state index is 11.1. The quantitative estimate of drug-likeness (QED) is 0.595. The second kappa shape index (κ2) is 6.28. The van der Waals surface area contributed by atoms with Crippen molar-refractivity contribution in [2.24, 2.45) is 0 Å². The highest BCUT2D eigenvalue weighted by Gasteiger charge is 2.33. The number of hydrogen-bond acceptors (Lipinski definition) is 4. The van der Waals surface area contributed by atoms with E-state index in [1.165, 1.54) is 6.92 Å². The zero-order valence-electron chi connectivity index (χ0n) is 11.0. The van der Waals surface area contributed by atoms with Crippen molar-refractivity contribution in [1.29, 1.82) is 0 Å². The van der Waals surface area contributed by atoms with Crippen LogP contribution in [-0.4, -0.2) is 41.7 Å². The summed E-state index contributed by atoms with van der Waals surface area (Å²) in [4.78, 5) is 11.1. The van der Waals surface area contributed by atoms with Crippen molar-refractivity contribution in [3.63, 3.8) is 0 Å². The Hall–Kier alpha value is -0.710. The van der Waals surface area contributed by atoms with Gasteiger partial charge in [-0.3, -0.25) is 4.79 Å². The van der Waals surface area contributed by atoms with Crippen LogP contribution < -0.4 is 10.6 Å². The van der Waals surface area contributed by atoms with Crippen molar-refractivity contribution in [2.75, 3.05) is 6.54 Å². The van der Waals surface area contributed by atoms with Crippen molar-refractivity contribution in [1.82, 2.24) is 10.6 Å². The molecule has 0 aromatic rings. The summed E-state index contributed by atoms with van der Waals surface area (Å²) in [5.41, 5.74) is 0.592. The van der Waals surface area contributed by atoms with Crippen LogP contribution in [0.4, 0.5) is 0 Å². The molecule has 0 aromatic carbocycles. The maximum absolute atomic E-state index is 11.1. The highest BCUT2D eigenvalue weighted by molar-refractivity contribution is 5.92. The summed E-state index contributed by atoms with van der Waals surface area (Å²) in [6.07, 6.45) is 1.24. The van der Waals surface area contributed by atoms with E-state index in [4.69, 9.17) is 0 Å². The molecule has 17 heavy (non-hydrogen) atoms. The van der Waals surface area contributed by atoms with E-state index >= 15 is 0 Å². The van der Waals surface area contributed by atoms with Gasteiger partial charge in [-0.1, -0.05) is 20.4 Å². The fraction of sp³-hybridized carbons (Fsp3) is 0.769. The third-order valence-electron chi connectivity index (χ3n) is 3.16. The Morgan fingerprint density at radius 1 is 1.41 bits per heavy atom. The van der Waals surface area contributed by atoms with Gasteiger partial charge in [0.05, 0.1) is 6.10 Å². The number of carbonyl (C=O) groups is 1. The highest BCUT2D eigenvalue weighted by Crippen LogP contribution is 2.20. The van der Waals surface area contributed by atoms with E-state index in [9.17, 15) is 9.90 Å². The lowest BCUT2D eigenvalue weighted by atomic mass is 10.1. The van der Waals surface area contributed by atoms with Gasteiger partial charge in [0.15, 0.2) is 5.78 Å². The minimum absolute atomic E-state index is 0.0180. The SMILES string of the molecule is C=C(CNC1CC(O)CC1NC(C)C)C(C)=O. The lowest BCUT2D eigenvalue weighted by Gasteiger charge is -2.24. The molecule has 0 bridgehead atoms. The van der Waals surface area contributed by atoms with Gasteiger partial charge in [-0.2, -0.15) is 0 Å². The second-order valence-electron chi connectivity index (χ2n) is 5.20. The standard InChI is InChI=1S/C13H24N2O2/c1-8(2)15-13-6-11(17)5-12(13)14-7-9(3)10(4)16/h8,11-15,17H,3,5-7H2,1-2,4H3. The van der Waals surface area contributed by atoms with E-state index in [1.54, 1.807) is 0 Å². The lowest BCUT2D eigenvalue weighted by molar-refractivity contribution is -0.113. The van der Waals surface area contributed by atoms with Gasteiger partial charge >= 0.3 is 0 Å². The van der Waals surface area contributed by atoms with Gasteiger partial charge in [0.25, 0.3) is 0 Å². The summed E-state index contributed by atoms with van der Waals surface area (Å²) in [7, 11) is 0. The molecule has 1 saturated carbocycles. The Labute approximate surface area is 103 Å². The monoisotopic (exact) mass is 240 g/mol. The zero-order chi connectivity index (χ0) is 13.0. The molecule has 4 heteroatoms. The highest BCUT2D eigenvalue weighted by atomic mass is 16.3. The van der Waals surface area contributed by atoms with Gasteiger partial charge in [0, 0.05) is 30.2 Å². The minimum Gasteiger partial charge on any atom is -0.393 e. The predicted molar refractivity (Wildman–Crippen MR) is 68.9 cm³/mol. The van der Waals surface area contributed by atoms with Gasteiger partial charge in [0.1, 0.15) is 0 Å². The molecule has 3 N–H and O–H groups in total. The molecule has 0 spiro atoms. The van der Waals surface area contributed by atoms with E-state index in [1.807, 2.05) is 0 Å². The first-order chi connectivity index (χ1) is 7.90. The first-order valence-corrected chi connectivity index (χ1v) is 6.26. The molecule has 0 amide bonds.